The highest BCUT2D eigenvalue weighted by Gasteiger charge is 2.41. The number of nitrogens with one attached hydrogen (secondary N) is 1. The summed E-state index contributed by atoms with van der Waals surface area (Å²) in [6, 6.07) is 13.5. The van der Waals surface area contributed by atoms with Crippen molar-refractivity contribution < 1.29 is 38.9 Å². The minimum absolute atomic E-state index is 0.131. The van der Waals surface area contributed by atoms with Crippen LogP contribution in [0.25, 0.3) is 11.0 Å². The summed E-state index contributed by atoms with van der Waals surface area (Å²) < 4.78 is 12.0. The number of anilines is 1. The van der Waals surface area contributed by atoms with E-state index < -0.39 is 42.3 Å². The van der Waals surface area contributed by atoms with E-state index in [1.807, 2.05) is 42.5 Å². The number of aryl methyl sites for hydroxylation is 1. The van der Waals surface area contributed by atoms with Gasteiger partial charge >= 0.3 is 11.9 Å². The maximum Gasteiger partial charge on any atom is 0.307 e. The lowest BCUT2D eigenvalue weighted by atomic mass is 9.85. The molecule has 1 aliphatic heterocycles. The van der Waals surface area contributed by atoms with Gasteiger partial charge in [0.1, 0.15) is 17.4 Å². The molecule has 2 aromatic carbocycles. The van der Waals surface area contributed by atoms with Crippen LogP contribution in [0.15, 0.2) is 76.5 Å². The lowest BCUT2D eigenvalue weighted by molar-refractivity contribution is -0.160. The standard InChI is InChI=1S/C42H52BrN5O8/c1-27(49)10-6-3-4-9-13-31-32(36(51)26-35(31)50)17-16-30(15-14-29-11-7-5-8-12-29)56-38(53)21-20-37(52)55-28(2)41(54)48-25-24-46-42(48)47-33-18-19-34-40(39(33)43)45-23-22-44-34/h4-5,7-9,11-12,18-19,22-23,28,30-32,35-36,50-51H,3,6,10,13-17,20-21,24-26H2,1-2H3,(H,46,47)/b9-4-/t28?,30-,31+,32+,35-,36+/m0/s1. The fourth-order valence-electron chi connectivity index (χ4n) is 7.32. The summed E-state index contributed by atoms with van der Waals surface area (Å²) in [5, 5.41) is 24.8. The molecule has 1 unspecified atom stereocenters. The van der Waals surface area contributed by atoms with Crippen molar-refractivity contribution >= 4 is 62.2 Å². The van der Waals surface area contributed by atoms with E-state index in [-0.39, 0.29) is 30.5 Å². The summed E-state index contributed by atoms with van der Waals surface area (Å²) in [7, 11) is 0. The molecule has 0 spiro atoms. The van der Waals surface area contributed by atoms with Crippen LogP contribution in [0.2, 0.25) is 0 Å². The first kappa shape index (κ1) is 42.6. The number of aliphatic hydroxyl groups excluding tert-OH is 2. The van der Waals surface area contributed by atoms with E-state index in [0.717, 1.165) is 18.4 Å². The number of esters is 2. The number of ether oxygens (including phenoxy) is 2. The number of aliphatic imine (C=N–C) groups is 1. The Bertz CT molecular complexity index is 1870. The normalized spacial score (nSPS) is 20.5. The van der Waals surface area contributed by atoms with Crippen molar-refractivity contribution in [3.63, 3.8) is 0 Å². The Balaban J connectivity index is 1.11. The smallest absolute Gasteiger partial charge is 0.307 e. The van der Waals surface area contributed by atoms with Gasteiger partial charge in [0.15, 0.2) is 6.10 Å². The van der Waals surface area contributed by atoms with Gasteiger partial charge in [0.2, 0.25) is 5.96 Å². The van der Waals surface area contributed by atoms with E-state index >= 15 is 0 Å². The van der Waals surface area contributed by atoms with Crippen LogP contribution < -0.4 is 5.32 Å². The predicted molar refractivity (Wildman–Crippen MR) is 215 cm³/mol. The fraction of sp³-hybridized carbons (Fsp3) is 0.500. The van der Waals surface area contributed by atoms with Gasteiger partial charge in [0.25, 0.3) is 5.91 Å². The Morgan fingerprint density at radius 2 is 1.68 bits per heavy atom. The summed E-state index contributed by atoms with van der Waals surface area (Å²) in [5.41, 5.74) is 3.09. The minimum Gasteiger partial charge on any atom is -0.462 e. The molecular weight excluding hydrogens is 782 g/mol. The number of fused-ring (bicyclic) bond motifs is 1. The third-order valence-corrected chi connectivity index (χ3v) is 11.1. The van der Waals surface area contributed by atoms with Crippen molar-refractivity contribution in [2.75, 3.05) is 18.4 Å². The molecule has 14 heteroatoms. The van der Waals surface area contributed by atoms with E-state index in [9.17, 15) is 29.4 Å². The number of rotatable bonds is 19. The molecule has 1 fully saturated rings. The Morgan fingerprint density at radius 3 is 2.45 bits per heavy atom. The van der Waals surface area contributed by atoms with E-state index in [0.29, 0.717) is 85.2 Å². The van der Waals surface area contributed by atoms with Crippen molar-refractivity contribution in [1.82, 2.24) is 14.9 Å². The first-order chi connectivity index (χ1) is 27.0. The first-order valence-electron chi connectivity index (χ1n) is 19.5. The minimum atomic E-state index is -1.12. The fourth-order valence-corrected chi connectivity index (χ4v) is 7.86. The van der Waals surface area contributed by atoms with Crippen LogP contribution in [0.3, 0.4) is 0 Å². The molecule has 3 aromatic rings. The lowest BCUT2D eigenvalue weighted by Gasteiger charge is -2.25. The first-order valence-corrected chi connectivity index (χ1v) is 20.2. The predicted octanol–water partition coefficient (Wildman–Crippen LogP) is 6.10. The maximum absolute atomic E-state index is 13.4. The zero-order valence-electron chi connectivity index (χ0n) is 32.0. The molecule has 2 aliphatic rings. The zero-order chi connectivity index (χ0) is 40.0. The van der Waals surface area contributed by atoms with E-state index in [1.165, 1.54) is 11.8 Å². The van der Waals surface area contributed by atoms with Crippen molar-refractivity contribution in [2.45, 2.75) is 109 Å². The number of halogens is 1. The molecule has 0 radical (unpaired) electrons. The molecule has 1 aromatic heterocycles. The van der Waals surface area contributed by atoms with Crippen LogP contribution >= 0.6 is 15.9 Å². The van der Waals surface area contributed by atoms with Gasteiger partial charge in [-0.15, -0.1) is 0 Å². The SMILES string of the molecule is CC(=O)CCC/C=C\C[C@@H]1[C@@H](CC[C@H](CCc2ccccc2)OC(=O)CCC(=O)OC(C)C(=O)N2CCN=C2Nc2ccc3nccnc3c2Br)[C@H](O)C[C@@H]1O. The van der Waals surface area contributed by atoms with Crippen molar-refractivity contribution in [2.24, 2.45) is 16.8 Å². The largest absolute Gasteiger partial charge is 0.462 e. The average Bonchev–Trinajstić information content (AvgIpc) is 3.76. The van der Waals surface area contributed by atoms with Crippen LogP contribution in [0.1, 0.15) is 83.6 Å². The highest BCUT2D eigenvalue weighted by molar-refractivity contribution is 9.10. The summed E-state index contributed by atoms with van der Waals surface area (Å²) in [6.07, 6.45) is 9.14. The summed E-state index contributed by atoms with van der Waals surface area (Å²) in [6.45, 7) is 3.75. The van der Waals surface area contributed by atoms with Crippen LogP contribution in [0, 0.1) is 11.8 Å². The number of unbranched alkanes of at least 4 members (excludes halogenated alkanes) is 1. The summed E-state index contributed by atoms with van der Waals surface area (Å²) in [5.74, 6) is -1.53. The summed E-state index contributed by atoms with van der Waals surface area (Å²) >= 11 is 3.56. The highest BCUT2D eigenvalue weighted by atomic mass is 79.9. The van der Waals surface area contributed by atoms with Crippen LogP contribution in [0.5, 0.6) is 0 Å². The van der Waals surface area contributed by atoms with E-state index in [2.05, 4.69) is 36.2 Å². The molecule has 300 valence electrons. The average molecular weight is 835 g/mol. The number of aromatic nitrogens is 2. The number of allylic oxidation sites excluding steroid dienone is 2. The number of hydrogen-bond donors (Lipinski definition) is 3. The monoisotopic (exact) mass is 833 g/mol. The number of hydrogen-bond acceptors (Lipinski definition) is 12. The Hall–Kier alpha value is -4.53. The molecule has 1 amide bonds. The van der Waals surface area contributed by atoms with Crippen LogP contribution in [-0.2, 0) is 35.1 Å². The van der Waals surface area contributed by atoms with Crippen LogP contribution in [-0.4, -0.2) is 92.2 Å². The maximum atomic E-state index is 13.4. The molecule has 1 aliphatic carbocycles. The second kappa shape index (κ2) is 21.1. The highest BCUT2D eigenvalue weighted by Crippen LogP contribution is 2.39. The number of amides is 1. The molecule has 6 atom stereocenters. The number of carbonyl (C=O) groups excluding carboxylic acids is 4. The van der Waals surface area contributed by atoms with Gasteiger partial charge in [-0.05, 0) is 111 Å². The number of Topliss-reactive ketones (excluding diaryl/α,β-unsaturated/α-hetero) is 1. The van der Waals surface area contributed by atoms with Gasteiger partial charge in [-0.2, -0.15) is 0 Å². The van der Waals surface area contributed by atoms with E-state index in [4.69, 9.17) is 9.47 Å². The lowest BCUT2D eigenvalue weighted by Crippen LogP contribution is -2.44. The molecule has 3 N–H and O–H groups in total. The van der Waals surface area contributed by atoms with Gasteiger partial charge in [-0.1, -0.05) is 42.5 Å². The number of carbonyl (C=O) groups is 4. The third kappa shape index (κ3) is 12.2. The van der Waals surface area contributed by atoms with Gasteiger partial charge in [0.05, 0.1) is 47.3 Å². The number of aliphatic hydroxyl groups is 2. The number of benzene rings is 2. The number of guanidine groups is 1. The van der Waals surface area contributed by atoms with Crippen molar-refractivity contribution in [3.05, 3.63) is 77.0 Å². The Labute approximate surface area is 336 Å². The molecule has 13 nitrogen and oxygen atoms in total. The van der Waals surface area contributed by atoms with Crippen molar-refractivity contribution in [3.8, 4) is 0 Å². The van der Waals surface area contributed by atoms with Gasteiger partial charge in [0, 0.05) is 25.4 Å². The van der Waals surface area contributed by atoms with Gasteiger partial charge < -0.3 is 29.8 Å². The van der Waals surface area contributed by atoms with Gasteiger partial charge in [-0.3, -0.25) is 34.2 Å². The second-order valence-corrected chi connectivity index (χ2v) is 15.3. The molecule has 1 saturated carbocycles. The molecule has 56 heavy (non-hydrogen) atoms. The van der Waals surface area contributed by atoms with E-state index in [1.54, 1.807) is 31.5 Å². The molecule has 0 bridgehead atoms. The quantitative estimate of drug-likeness (QED) is 0.0722. The molecular formula is C42H52BrN5O8. The molecule has 5 rings (SSSR count). The van der Waals surface area contributed by atoms with Gasteiger partial charge in [-0.25, -0.2) is 0 Å². The zero-order valence-corrected chi connectivity index (χ0v) is 33.6. The molecule has 0 saturated heterocycles. The topological polar surface area (TPSA) is 181 Å². The molecule has 2 heterocycles. The van der Waals surface area contributed by atoms with Crippen LogP contribution in [0.4, 0.5) is 5.69 Å². The third-order valence-electron chi connectivity index (χ3n) is 10.3. The number of ketones is 1. The Kier molecular flexibility index (Phi) is 16.1. The number of nitrogens with zero attached hydrogens (tertiary/aromatic N) is 4. The van der Waals surface area contributed by atoms with Crippen molar-refractivity contribution in [1.29, 1.82) is 0 Å². The summed E-state index contributed by atoms with van der Waals surface area (Å²) in [4.78, 5) is 65.1. The Morgan fingerprint density at radius 1 is 0.946 bits per heavy atom. The second-order valence-electron chi connectivity index (χ2n) is 14.5.